The SMILES string of the molecule is COc1ccc(-c2cnc3cnc(-c4cccc(F)c4)cn23)cc1. The summed E-state index contributed by atoms with van der Waals surface area (Å²) in [6.45, 7) is 0. The molecule has 0 saturated heterocycles. The number of rotatable bonds is 3. The zero-order chi connectivity index (χ0) is 16.5. The minimum absolute atomic E-state index is 0.282. The van der Waals surface area contributed by atoms with E-state index in [1.54, 1.807) is 25.6 Å². The van der Waals surface area contributed by atoms with Gasteiger partial charge in [0.25, 0.3) is 0 Å². The summed E-state index contributed by atoms with van der Waals surface area (Å²) >= 11 is 0. The number of fused-ring (bicyclic) bond motifs is 1. The summed E-state index contributed by atoms with van der Waals surface area (Å²) in [6.07, 6.45) is 5.36. The van der Waals surface area contributed by atoms with Gasteiger partial charge in [0.15, 0.2) is 5.65 Å². The van der Waals surface area contributed by atoms with Gasteiger partial charge in [0.2, 0.25) is 0 Å². The molecule has 24 heavy (non-hydrogen) atoms. The maximum absolute atomic E-state index is 13.5. The third-order valence-corrected chi connectivity index (χ3v) is 3.90. The van der Waals surface area contributed by atoms with Gasteiger partial charge in [-0.3, -0.25) is 9.38 Å². The zero-order valence-electron chi connectivity index (χ0n) is 13.0. The molecule has 5 heteroatoms. The van der Waals surface area contributed by atoms with Crippen LogP contribution in [0.4, 0.5) is 4.39 Å². The fraction of sp³-hybridized carbons (Fsp3) is 0.0526. The minimum atomic E-state index is -0.282. The Labute approximate surface area is 138 Å². The number of hydrogen-bond acceptors (Lipinski definition) is 3. The first kappa shape index (κ1) is 14.4. The van der Waals surface area contributed by atoms with Gasteiger partial charge in [-0.15, -0.1) is 0 Å². The quantitative estimate of drug-likeness (QED) is 0.568. The topological polar surface area (TPSA) is 39.4 Å². The Morgan fingerprint density at radius 2 is 1.79 bits per heavy atom. The summed E-state index contributed by atoms with van der Waals surface area (Å²) in [5.74, 6) is 0.519. The number of hydrogen-bond donors (Lipinski definition) is 0. The van der Waals surface area contributed by atoms with Crippen LogP contribution >= 0.6 is 0 Å². The van der Waals surface area contributed by atoms with Gasteiger partial charge in [-0.1, -0.05) is 12.1 Å². The van der Waals surface area contributed by atoms with Crippen LogP contribution in [0.1, 0.15) is 0 Å². The van der Waals surface area contributed by atoms with Crippen LogP contribution in [-0.2, 0) is 0 Å². The van der Waals surface area contributed by atoms with E-state index in [1.165, 1.54) is 12.1 Å². The molecule has 2 heterocycles. The van der Waals surface area contributed by atoms with Crippen LogP contribution in [-0.4, -0.2) is 21.5 Å². The van der Waals surface area contributed by atoms with Crippen molar-refractivity contribution in [3.63, 3.8) is 0 Å². The molecule has 0 aliphatic carbocycles. The van der Waals surface area contributed by atoms with Crippen molar-refractivity contribution in [2.24, 2.45) is 0 Å². The molecule has 4 aromatic rings. The molecule has 4 rings (SSSR count). The molecular formula is C19H14FN3O. The molecule has 0 radical (unpaired) electrons. The molecule has 0 fully saturated rings. The highest BCUT2D eigenvalue weighted by Crippen LogP contribution is 2.25. The minimum Gasteiger partial charge on any atom is -0.497 e. The first-order valence-electron chi connectivity index (χ1n) is 7.48. The Kier molecular flexibility index (Phi) is 3.46. The lowest BCUT2D eigenvalue weighted by atomic mass is 10.1. The Morgan fingerprint density at radius 3 is 2.54 bits per heavy atom. The van der Waals surface area contributed by atoms with Gasteiger partial charge in [0, 0.05) is 17.3 Å². The molecule has 0 aliphatic rings. The first-order valence-corrected chi connectivity index (χ1v) is 7.48. The highest BCUT2D eigenvalue weighted by atomic mass is 19.1. The van der Waals surface area contributed by atoms with Crippen LogP contribution in [0.3, 0.4) is 0 Å². The van der Waals surface area contributed by atoms with Crippen LogP contribution in [0, 0.1) is 5.82 Å². The first-order chi connectivity index (χ1) is 11.7. The fourth-order valence-electron chi connectivity index (χ4n) is 2.66. The number of aromatic nitrogens is 3. The van der Waals surface area contributed by atoms with E-state index in [4.69, 9.17) is 4.74 Å². The Bertz CT molecular complexity index is 1010. The lowest BCUT2D eigenvalue weighted by molar-refractivity contribution is 0.415. The van der Waals surface area contributed by atoms with E-state index in [9.17, 15) is 4.39 Å². The maximum Gasteiger partial charge on any atom is 0.155 e. The molecule has 0 spiro atoms. The zero-order valence-corrected chi connectivity index (χ0v) is 13.0. The van der Waals surface area contributed by atoms with Gasteiger partial charge >= 0.3 is 0 Å². The van der Waals surface area contributed by atoms with Gasteiger partial charge in [-0.25, -0.2) is 9.37 Å². The standard InChI is InChI=1S/C19H14FN3O/c1-24-16-7-5-13(6-8-16)18-10-22-19-11-21-17(12-23(18)19)14-3-2-4-15(20)9-14/h2-12H,1H3. The third kappa shape index (κ3) is 2.50. The number of imidazole rings is 1. The van der Waals surface area contributed by atoms with Crippen LogP contribution in [0.15, 0.2) is 67.1 Å². The number of methoxy groups -OCH3 is 1. The lowest BCUT2D eigenvalue weighted by Crippen LogP contribution is -1.93. The summed E-state index contributed by atoms with van der Waals surface area (Å²) in [5, 5.41) is 0. The predicted molar refractivity (Wildman–Crippen MR) is 90.4 cm³/mol. The van der Waals surface area contributed by atoms with Crippen molar-refractivity contribution in [1.29, 1.82) is 0 Å². The van der Waals surface area contributed by atoms with E-state index < -0.39 is 0 Å². The molecule has 2 aromatic heterocycles. The largest absolute Gasteiger partial charge is 0.497 e. The number of halogens is 1. The molecule has 2 aromatic carbocycles. The normalized spacial score (nSPS) is 10.9. The summed E-state index contributed by atoms with van der Waals surface area (Å²) in [7, 11) is 1.64. The van der Waals surface area contributed by atoms with E-state index >= 15 is 0 Å². The summed E-state index contributed by atoms with van der Waals surface area (Å²) in [5.41, 5.74) is 4.11. The van der Waals surface area contributed by atoms with Crippen molar-refractivity contribution in [2.45, 2.75) is 0 Å². The second-order valence-corrected chi connectivity index (χ2v) is 5.38. The van der Waals surface area contributed by atoms with E-state index in [2.05, 4.69) is 9.97 Å². The summed E-state index contributed by atoms with van der Waals surface area (Å²) in [4.78, 5) is 8.77. The molecule has 0 aliphatic heterocycles. The van der Waals surface area contributed by atoms with Crippen molar-refractivity contribution >= 4 is 5.65 Å². The molecule has 4 nitrogen and oxygen atoms in total. The summed E-state index contributed by atoms with van der Waals surface area (Å²) < 4.78 is 20.6. The van der Waals surface area contributed by atoms with Crippen molar-refractivity contribution in [2.75, 3.05) is 7.11 Å². The Hall–Kier alpha value is -3.21. The number of ether oxygens (including phenoxy) is 1. The average Bonchev–Trinajstić information content (AvgIpc) is 3.05. The Morgan fingerprint density at radius 1 is 0.958 bits per heavy atom. The smallest absolute Gasteiger partial charge is 0.155 e. The van der Waals surface area contributed by atoms with Crippen molar-refractivity contribution in [1.82, 2.24) is 14.4 Å². The number of nitrogens with zero attached hydrogens (tertiary/aromatic N) is 3. The molecule has 0 atom stereocenters. The van der Waals surface area contributed by atoms with E-state index in [0.29, 0.717) is 5.69 Å². The van der Waals surface area contributed by atoms with Crippen LogP contribution in [0.25, 0.3) is 28.2 Å². The predicted octanol–water partition coefficient (Wildman–Crippen LogP) is 4.21. The second kappa shape index (κ2) is 5.77. The number of benzene rings is 2. The molecule has 0 bridgehead atoms. The Balaban J connectivity index is 1.83. The van der Waals surface area contributed by atoms with E-state index in [-0.39, 0.29) is 5.82 Å². The van der Waals surface area contributed by atoms with E-state index in [1.807, 2.05) is 40.9 Å². The van der Waals surface area contributed by atoms with Gasteiger partial charge in [-0.05, 0) is 36.4 Å². The molecule has 0 saturated carbocycles. The van der Waals surface area contributed by atoms with Crippen molar-refractivity contribution in [3.8, 4) is 28.3 Å². The second-order valence-electron chi connectivity index (χ2n) is 5.38. The van der Waals surface area contributed by atoms with Gasteiger partial charge in [-0.2, -0.15) is 0 Å². The van der Waals surface area contributed by atoms with Crippen molar-refractivity contribution < 1.29 is 9.13 Å². The molecule has 0 N–H and O–H groups in total. The maximum atomic E-state index is 13.5. The highest BCUT2D eigenvalue weighted by molar-refractivity contribution is 5.66. The van der Waals surface area contributed by atoms with Crippen LogP contribution in [0.2, 0.25) is 0 Å². The average molecular weight is 319 g/mol. The fourth-order valence-corrected chi connectivity index (χ4v) is 2.66. The monoisotopic (exact) mass is 319 g/mol. The van der Waals surface area contributed by atoms with Crippen LogP contribution in [0.5, 0.6) is 5.75 Å². The molecule has 0 unspecified atom stereocenters. The molecule has 118 valence electrons. The molecular weight excluding hydrogens is 305 g/mol. The van der Waals surface area contributed by atoms with Gasteiger partial charge in [0.1, 0.15) is 11.6 Å². The summed E-state index contributed by atoms with van der Waals surface area (Å²) in [6, 6.07) is 14.2. The van der Waals surface area contributed by atoms with Crippen LogP contribution < -0.4 is 4.74 Å². The van der Waals surface area contributed by atoms with E-state index in [0.717, 1.165) is 28.2 Å². The van der Waals surface area contributed by atoms with Gasteiger partial charge < -0.3 is 4.74 Å². The molecule has 0 amide bonds. The van der Waals surface area contributed by atoms with Gasteiger partial charge in [0.05, 0.1) is 30.9 Å². The lowest BCUT2D eigenvalue weighted by Gasteiger charge is -2.06. The highest BCUT2D eigenvalue weighted by Gasteiger charge is 2.09. The van der Waals surface area contributed by atoms with Crippen molar-refractivity contribution in [3.05, 3.63) is 72.9 Å². The third-order valence-electron chi connectivity index (χ3n) is 3.90.